The first-order valence-corrected chi connectivity index (χ1v) is 11.0. The molecule has 1 aliphatic heterocycles. The molecule has 1 aromatic heterocycles. The topological polar surface area (TPSA) is 93.5 Å². The molecule has 0 bridgehead atoms. The highest BCUT2D eigenvalue weighted by Crippen LogP contribution is 2.32. The third-order valence-corrected chi connectivity index (χ3v) is 7.17. The van der Waals surface area contributed by atoms with Crippen molar-refractivity contribution in [3.63, 3.8) is 0 Å². The van der Waals surface area contributed by atoms with Crippen molar-refractivity contribution >= 4 is 35.7 Å². The van der Waals surface area contributed by atoms with E-state index in [2.05, 4.69) is 0 Å². The number of carbonyl (C=O) groups excluding carboxylic acids is 1. The molecule has 1 aliphatic rings. The number of halogens is 1. The van der Waals surface area contributed by atoms with E-state index in [1.807, 2.05) is 6.92 Å². The highest BCUT2D eigenvalue weighted by molar-refractivity contribution is 8.13. The highest BCUT2D eigenvalue weighted by Gasteiger charge is 2.36. The highest BCUT2D eigenvalue weighted by atomic mass is 35.7. The van der Waals surface area contributed by atoms with Gasteiger partial charge in [-0.25, -0.2) is 20.8 Å². The van der Waals surface area contributed by atoms with E-state index in [9.17, 15) is 21.6 Å². The molecule has 0 radical (unpaired) electrons. The minimum Gasteiger partial charge on any atom is -0.340 e. The molecular weight excluding hydrogens is 388 g/mol. The van der Waals surface area contributed by atoms with Gasteiger partial charge in [0.2, 0.25) is 0 Å². The monoisotopic (exact) mass is 402 g/mol. The van der Waals surface area contributed by atoms with Gasteiger partial charge in [-0.3, -0.25) is 4.79 Å². The van der Waals surface area contributed by atoms with E-state index in [0.717, 1.165) is 15.7 Å². The number of aryl methyl sites for hydroxylation is 1. The summed E-state index contributed by atoms with van der Waals surface area (Å²) in [7, 11) is -1.37. The van der Waals surface area contributed by atoms with Crippen LogP contribution in [0.5, 0.6) is 0 Å². The molecule has 0 saturated carbocycles. The summed E-state index contributed by atoms with van der Waals surface area (Å²) in [6, 6.07) is 6.05. The van der Waals surface area contributed by atoms with Crippen LogP contribution in [-0.4, -0.2) is 45.2 Å². The third-order valence-electron chi connectivity index (χ3n) is 4.13. The van der Waals surface area contributed by atoms with Gasteiger partial charge >= 0.3 is 0 Å². The van der Waals surface area contributed by atoms with Gasteiger partial charge in [0, 0.05) is 36.0 Å². The molecule has 3 rings (SSSR count). The van der Waals surface area contributed by atoms with Gasteiger partial charge in [0.15, 0.2) is 0 Å². The normalized spacial score (nSPS) is 15.3. The summed E-state index contributed by atoms with van der Waals surface area (Å²) >= 11 is 0. The molecule has 2 aromatic rings. The first-order chi connectivity index (χ1) is 11.5. The number of carbonyl (C=O) groups is 1. The van der Waals surface area contributed by atoms with Gasteiger partial charge in [-0.05, 0) is 25.5 Å². The second-order valence-corrected chi connectivity index (χ2v) is 10.2. The van der Waals surface area contributed by atoms with Crippen molar-refractivity contribution in [2.75, 3.05) is 13.6 Å². The largest absolute Gasteiger partial charge is 0.340 e. The molecule has 0 aliphatic carbocycles. The number of benzene rings is 1. The molecule has 0 saturated heterocycles. The zero-order valence-electron chi connectivity index (χ0n) is 13.4. The van der Waals surface area contributed by atoms with Crippen molar-refractivity contribution in [2.45, 2.75) is 23.1 Å². The molecule has 0 atom stereocenters. The number of fused-ring (bicyclic) bond motifs is 1. The average Bonchev–Trinajstić information content (AvgIpc) is 2.92. The first-order valence-electron chi connectivity index (χ1n) is 7.30. The van der Waals surface area contributed by atoms with E-state index >= 15 is 0 Å². The molecule has 134 valence electrons. The lowest BCUT2D eigenvalue weighted by molar-refractivity contribution is 0.0773. The average molecular weight is 403 g/mol. The molecule has 1 aromatic carbocycles. The number of aromatic nitrogens is 1. The van der Waals surface area contributed by atoms with Crippen LogP contribution in [0.1, 0.15) is 21.6 Å². The molecule has 0 N–H and O–H groups in total. The maximum absolute atomic E-state index is 13.0. The quantitative estimate of drug-likeness (QED) is 0.727. The fourth-order valence-electron chi connectivity index (χ4n) is 2.75. The number of amides is 1. The Labute approximate surface area is 150 Å². The van der Waals surface area contributed by atoms with Gasteiger partial charge in [0.05, 0.1) is 4.90 Å². The van der Waals surface area contributed by atoms with Crippen molar-refractivity contribution in [3.05, 3.63) is 47.3 Å². The van der Waals surface area contributed by atoms with Crippen LogP contribution in [-0.2, 0) is 25.5 Å². The zero-order chi connectivity index (χ0) is 18.6. The molecule has 7 nitrogen and oxygen atoms in total. The van der Waals surface area contributed by atoms with Crippen LogP contribution < -0.4 is 0 Å². The smallest absolute Gasteiger partial charge is 0.271 e. The Morgan fingerprint density at radius 2 is 1.68 bits per heavy atom. The summed E-state index contributed by atoms with van der Waals surface area (Å²) in [5, 5.41) is 0. The number of rotatable bonds is 3. The van der Waals surface area contributed by atoms with E-state index in [-0.39, 0.29) is 34.0 Å². The van der Waals surface area contributed by atoms with Gasteiger partial charge in [0.1, 0.15) is 10.6 Å². The Balaban J connectivity index is 2.32. The molecule has 0 spiro atoms. The van der Waals surface area contributed by atoms with E-state index in [0.29, 0.717) is 0 Å². The maximum Gasteiger partial charge on any atom is 0.271 e. The van der Waals surface area contributed by atoms with Crippen molar-refractivity contribution in [3.8, 4) is 0 Å². The van der Waals surface area contributed by atoms with Gasteiger partial charge in [0.25, 0.3) is 25.0 Å². The van der Waals surface area contributed by atoms with Crippen molar-refractivity contribution < 1.29 is 21.6 Å². The Morgan fingerprint density at radius 3 is 2.24 bits per heavy atom. The SMILES string of the molecule is Cc1ccc(S(=O)(=O)n2cc(S(=O)(=O)Cl)c3c2C(=O)N(C)CC3)cc1. The van der Waals surface area contributed by atoms with Crippen LogP contribution >= 0.6 is 10.7 Å². The summed E-state index contributed by atoms with van der Waals surface area (Å²) in [5.41, 5.74) is 0.815. The molecule has 10 heteroatoms. The zero-order valence-corrected chi connectivity index (χ0v) is 15.8. The van der Waals surface area contributed by atoms with Gasteiger partial charge in [-0.2, -0.15) is 0 Å². The van der Waals surface area contributed by atoms with Gasteiger partial charge in [-0.15, -0.1) is 0 Å². The molecule has 0 unspecified atom stereocenters. The summed E-state index contributed by atoms with van der Waals surface area (Å²) in [4.78, 5) is 13.5. The third kappa shape index (κ3) is 2.96. The summed E-state index contributed by atoms with van der Waals surface area (Å²) in [6.07, 6.45) is 1.12. The second kappa shape index (κ2) is 5.86. The van der Waals surface area contributed by atoms with Crippen LogP contribution in [0.2, 0.25) is 0 Å². The Hall–Kier alpha value is -1.84. The van der Waals surface area contributed by atoms with Gasteiger partial charge < -0.3 is 4.90 Å². The molecular formula is C15H15ClN2O5S2. The van der Waals surface area contributed by atoms with E-state index in [4.69, 9.17) is 10.7 Å². The van der Waals surface area contributed by atoms with Crippen molar-refractivity contribution in [2.24, 2.45) is 0 Å². The van der Waals surface area contributed by atoms with Crippen LogP contribution in [0, 0.1) is 6.92 Å². The summed E-state index contributed by atoms with van der Waals surface area (Å²) in [6.45, 7) is 2.09. The van der Waals surface area contributed by atoms with Crippen molar-refractivity contribution in [1.82, 2.24) is 8.87 Å². The number of likely N-dealkylation sites (N-methyl/N-ethyl adjacent to an activating group) is 1. The second-order valence-electron chi connectivity index (χ2n) is 5.85. The summed E-state index contributed by atoms with van der Waals surface area (Å²) < 4.78 is 50.3. The molecule has 1 amide bonds. The first kappa shape index (κ1) is 18.0. The van der Waals surface area contributed by atoms with E-state index in [1.165, 1.54) is 24.1 Å². The van der Waals surface area contributed by atoms with Crippen molar-refractivity contribution in [1.29, 1.82) is 0 Å². The van der Waals surface area contributed by atoms with Crippen LogP contribution in [0.3, 0.4) is 0 Å². The maximum atomic E-state index is 13.0. The summed E-state index contributed by atoms with van der Waals surface area (Å²) in [5.74, 6) is -0.566. The molecule has 0 fully saturated rings. The number of hydrogen-bond donors (Lipinski definition) is 0. The fourth-order valence-corrected chi connectivity index (χ4v) is 5.32. The molecule has 25 heavy (non-hydrogen) atoms. The Bertz CT molecular complexity index is 1070. The van der Waals surface area contributed by atoms with Crippen LogP contribution in [0.25, 0.3) is 0 Å². The minimum absolute atomic E-state index is 0.0459. The Kier molecular flexibility index (Phi) is 4.21. The Morgan fingerprint density at radius 1 is 1.08 bits per heavy atom. The predicted molar refractivity (Wildman–Crippen MR) is 91.9 cm³/mol. The fraction of sp³-hybridized carbons (Fsp3) is 0.267. The van der Waals surface area contributed by atoms with E-state index < -0.39 is 25.0 Å². The van der Waals surface area contributed by atoms with Crippen LogP contribution in [0.4, 0.5) is 0 Å². The lowest BCUT2D eigenvalue weighted by Gasteiger charge is -2.24. The lowest BCUT2D eigenvalue weighted by Crippen LogP contribution is -2.36. The lowest BCUT2D eigenvalue weighted by atomic mass is 10.1. The minimum atomic E-state index is -4.20. The number of hydrogen-bond acceptors (Lipinski definition) is 5. The van der Waals surface area contributed by atoms with E-state index in [1.54, 1.807) is 12.1 Å². The standard InChI is InChI=1S/C15H15ClN2O5S2/c1-10-3-5-11(6-4-10)25(22,23)18-9-13(24(16,20)21)12-7-8-17(2)15(19)14(12)18/h3-6,9H,7-8H2,1-2H3. The number of nitrogens with zero attached hydrogens (tertiary/aromatic N) is 2. The van der Waals surface area contributed by atoms with Gasteiger partial charge in [-0.1, -0.05) is 17.7 Å². The van der Waals surface area contributed by atoms with Crippen LogP contribution in [0.15, 0.2) is 40.3 Å². The predicted octanol–water partition coefficient (Wildman–Crippen LogP) is 1.59. The molecule has 2 heterocycles.